The number of unbranched alkanes of at least 4 members (excludes halogenated alkanes) is 12. The second kappa shape index (κ2) is 24.1. The van der Waals surface area contributed by atoms with E-state index in [4.69, 9.17) is 13.3 Å². The molecule has 0 aliphatic rings. The van der Waals surface area contributed by atoms with Crippen molar-refractivity contribution in [1.29, 1.82) is 0 Å². The number of nitrogens with zero attached hydrogens (tertiary/aromatic N) is 1. The molecule has 4 nitrogen and oxygen atoms in total. The highest BCUT2D eigenvalue weighted by molar-refractivity contribution is 6.60. The molecule has 0 fully saturated rings. The van der Waals surface area contributed by atoms with Crippen LogP contribution in [0.4, 0.5) is 0 Å². The minimum absolute atomic E-state index is 0. The lowest BCUT2D eigenvalue weighted by Crippen LogP contribution is -3.00. The van der Waals surface area contributed by atoms with Crippen LogP contribution in [0.3, 0.4) is 0 Å². The molecule has 0 aliphatic carbocycles. The van der Waals surface area contributed by atoms with Crippen LogP contribution in [0.15, 0.2) is 0 Å². The van der Waals surface area contributed by atoms with E-state index < -0.39 is 8.80 Å². The Morgan fingerprint density at radius 1 is 0.455 bits per heavy atom. The van der Waals surface area contributed by atoms with Gasteiger partial charge in [-0.15, -0.1) is 0 Å². The fourth-order valence-corrected chi connectivity index (χ4v) is 6.98. The Morgan fingerprint density at radius 2 is 0.818 bits per heavy atom. The van der Waals surface area contributed by atoms with Crippen LogP contribution in [-0.2, 0) is 13.3 Å². The molecule has 0 aliphatic heterocycles. The predicted molar refractivity (Wildman–Crippen MR) is 142 cm³/mol. The molecule has 0 atom stereocenters. The van der Waals surface area contributed by atoms with Gasteiger partial charge in [-0.2, -0.15) is 0 Å². The van der Waals surface area contributed by atoms with Gasteiger partial charge in [-0.1, -0.05) is 91.4 Å². The zero-order valence-electron chi connectivity index (χ0n) is 23.4. The van der Waals surface area contributed by atoms with Gasteiger partial charge in [-0.05, 0) is 25.7 Å². The van der Waals surface area contributed by atoms with Crippen molar-refractivity contribution >= 4 is 8.80 Å². The molecule has 0 aromatic rings. The number of rotatable bonds is 25. The summed E-state index contributed by atoms with van der Waals surface area (Å²) >= 11 is 0. The maximum atomic E-state index is 5.64. The molecule has 0 N–H and O–H groups in total. The highest BCUT2D eigenvalue weighted by Crippen LogP contribution is 2.21. The lowest BCUT2D eigenvalue weighted by molar-refractivity contribution is -0.928. The van der Waals surface area contributed by atoms with Gasteiger partial charge >= 0.3 is 8.80 Å². The van der Waals surface area contributed by atoms with E-state index in [0.29, 0.717) is 0 Å². The molecule has 0 amide bonds. The first-order valence-electron chi connectivity index (χ1n) is 14.1. The van der Waals surface area contributed by atoms with Gasteiger partial charge in [0.2, 0.25) is 0 Å². The predicted octanol–water partition coefficient (Wildman–Crippen LogP) is 4.99. The Hall–Kier alpha value is 0.347. The van der Waals surface area contributed by atoms with Crippen molar-refractivity contribution in [2.75, 3.05) is 47.5 Å². The fourth-order valence-electron chi connectivity index (χ4n) is 5.27. The van der Waals surface area contributed by atoms with Crippen LogP contribution < -0.4 is 12.4 Å². The van der Waals surface area contributed by atoms with Crippen molar-refractivity contribution in [3.05, 3.63) is 0 Å². The minimum atomic E-state index is -2.44. The number of quaternary nitrogens is 1. The third kappa shape index (κ3) is 17.4. The van der Waals surface area contributed by atoms with E-state index in [1.807, 2.05) is 0 Å². The summed E-state index contributed by atoms with van der Waals surface area (Å²) in [5.74, 6) is 0. The third-order valence-electron chi connectivity index (χ3n) is 7.18. The minimum Gasteiger partial charge on any atom is -1.00 e. The van der Waals surface area contributed by atoms with Crippen LogP contribution in [0.2, 0.25) is 6.04 Å². The summed E-state index contributed by atoms with van der Waals surface area (Å²) < 4.78 is 18.2. The fraction of sp³-hybridized carbons (Fsp3) is 1.00. The Kier molecular flexibility index (Phi) is 25.9. The summed E-state index contributed by atoms with van der Waals surface area (Å²) in [6.45, 7) is 12.1. The lowest BCUT2D eigenvalue weighted by Gasteiger charge is -2.39. The third-order valence-corrected chi connectivity index (χ3v) is 10.0. The molecular formula is C27H60ClNO3Si. The standard InChI is InChI=1S/C27H60NO3Si.ClH/c1-7-10-11-12-13-14-15-16-17-18-19-20-21-25-28(23-8-2,24-9-3)26-22-27-32(29-4,30-5)31-6;/h7-27H2,1-6H3;1H/q+1;/p-1. The maximum Gasteiger partial charge on any atom is 0.500 e. The van der Waals surface area contributed by atoms with Crippen LogP contribution in [0, 0.1) is 0 Å². The molecular weight excluding hydrogens is 450 g/mol. The van der Waals surface area contributed by atoms with Crippen LogP contribution in [-0.4, -0.2) is 60.8 Å². The van der Waals surface area contributed by atoms with Gasteiger partial charge in [0.05, 0.1) is 26.2 Å². The molecule has 0 unspecified atom stereocenters. The van der Waals surface area contributed by atoms with Gasteiger partial charge in [-0.3, -0.25) is 0 Å². The highest BCUT2D eigenvalue weighted by Gasteiger charge is 2.38. The summed E-state index contributed by atoms with van der Waals surface area (Å²) in [4.78, 5) is 0. The van der Waals surface area contributed by atoms with Gasteiger partial charge in [-0.25, -0.2) is 0 Å². The molecule has 0 rings (SSSR count). The number of halogens is 1. The van der Waals surface area contributed by atoms with Crippen molar-refractivity contribution in [3.8, 4) is 0 Å². The smallest absolute Gasteiger partial charge is 0.500 e. The molecule has 0 heterocycles. The Morgan fingerprint density at radius 3 is 1.18 bits per heavy atom. The van der Waals surface area contributed by atoms with E-state index in [9.17, 15) is 0 Å². The molecule has 6 heteroatoms. The van der Waals surface area contributed by atoms with Crippen molar-refractivity contribution in [2.24, 2.45) is 0 Å². The Balaban J connectivity index is 0. The van der Waals surface area contributed by atoms with Crippen molar-refractivity contribution in [3.63, 3.8) is 0 Å². The summed E-state index contributed by atoms with van der Waals surface area (Å²) in [6, 6.07) is 0.919. The first-order chi connectivity index (χ1) is 15.6. The first kappa shape index (κ1) is 35.5. The van der Waals surface area contributed by atoms with Gasteiger partial charge in [0.15, 0.2) is 0 Å². The summed E-state index contributed by atoms with van der Waals surface area (Å²) in [6.07, 6.45) is 22.2. The molecule has 202 valence electrons. The molecule has 0 saturated heterocycles. The van der Waals surface area contributed by atoms with E-state index in [-0.39, 0.29) is 12.4 Å². The molecule has 0 bridgehead atoms. The molecule has 0 aromatic heterocycles. The lowest BCUT2D eigenvalue weighted by atomic mass is 10.0. The summed E-state index contributed by atoms with van der Waals surface area (Å²) in [7, 11) is 2.74. The second-order valence-electron chi connectivity index (χ2n) is 9.88. The molecule has 33 heavy (non-hydrogen) atoms. The van der Waals surface area contributed by atoms with E-state index in [1.54, 1.807) is 21.3 Å². The van der Waals surface area contributed by atoms with E-state index in [0.717, 1.165) is 12.5 Å². The number of hydrogen-bond acceptors (Lipinski definition) is 3. The molecule has 0 radical (unpaired) electrons. The normalized spacial score (nSPS) is 12.2. The van der Waals surface area contributed by atoms with Gasteiger partial charge < -0.3 is 30.2 Å². The molecule has 0 aromatic carbocycles. The molecule has 0 saturated carbocycles. The second-order valence-corrected chi connectivity index (χ2v) is 13.0. The van der Waals surface area contributed by atoms with Gasteiger partial charge in [0, 0.05) is 33.8 Å². The average molecular weight is 510 g/mol. The SMILES string of the molecule is CCCCCCCCCCCCCCC[N+](CCC)(CCC)CCC[Si](OC)(OC)OC.[Cl-]. The monoisotopic (exact) mass is 509 g/mol. The van der Waals surface area contributed by atoms with Crippen molar-refractivity contribution < 1.29 is 30.2 Å². The topological polar surface area (TPSA) is 27.7 Å². The van der Waals surface area contributed by atoms with Gasteiger partial charge in [0.1, 0.15) is 0 Å². The first-order valence-corrected chi connectivity index (χ1v) is 16.0. The number of hydrogen-bond donors (Lipinski definition) is 0. The van der Waals surface area contributed by atoms with E-state index in [2.05, 4.69) is 20.8 Å². The van der Waals surface area contributed by atoms with E-state index in [1.165, 1.54) is 127 Å². The highest BCUT2D eigenvalue weighted by atomic mass is 35.5. The zero-order chi connectivity index (χ0) is 24.0. The summed E-state index contributed by atoms with van der Waals surface area (Å²) in [5.41, 5.74) is 0. The average Bonchev–Trinajstić information content (AvgIpc) is 2.80. The van der Waals surface area contributed by atoms with Crippen LogP contribution in [0.25, 0.3) is 0 Å². The Labute approximate surface area is 215 Å². The zero-order valence-corrected chi connectivity index (χ0v) is 25.2. The van der Waals surface area contributed by atoms with Crippen LogP contribution >= 0.6 is 0 Å². The van der Waals surface area contributed by atoms with Crippen LogP contribution in [0.1, 0.15) is 124 Å². The maximum absolute atomic E-state index is 5.64. The quantitative estimate of drug-likeness (QED) is 0.0985. The van der Waals surface area contributed by atoms with Crippen molar-refractivity contribution in [2.45, 2.75) is 130 Å². The van der Waals surface area contributed by atoms with E-state index >= 15 is 0 Å². The van der Waals surface area contributed by atoms with Crippen LogP contribution in [0.5, 0.6) is 0 Å². The Bertz CT molecular complexity index is 383. The molecule has 0 spiro atoms. The summed E-state index contributed by atoms with van der Waals surface area (Å²) in [5, 5.41) is 0. The largest absolute Gasteiger partial charge is 1.00 e. The van der Waals surface area contributed by atoms with Crippen molar-refractivity contribution in [1.82, 2.24) is 0 Å². The van der Waals surface area contributed by atoms with Gasteiger partial charge in [0.25, 0.3) is 0 Å².